The van der Waals surface area contributed by atoms with Crippen LogP contribution in [0, 0.1) is 0 Å². The van der Waals surface area contributed by atoms with Crippen LogP contribution in [0.15, 0.2) is 0 Å². The van der Waals surface area contributed by atoms with E-state index in [9.17, 15) is 0 Å². The van der Waals surface area contributed by atoms with Crippen molar-refractivity contribution in [1.82, 2.24) is 3.94 Å². The van der Waals surface area contributed by atoms with Crippen molar-refractivity contribution in [1.29, 1.82) is 0 Å². The molecule has 0 unspecified atom stereocenters. The van der Waals surface area contributed by atoms with E-state index < -0.39 is 0 Å². The van der Waals surface area contributed by atoms with Crippen molar-refractivity contribution < 1.29 is 0 Å². The highest BCUT2D eigenvalue weighted by Crippen LogP contribution is 2.13. The lowest BCUT2D eigenvalue weighted by atomic mass is 10.0. The second-order valence-electron chi connectivity index (χ2n) is 5.62. The number of nitrogens with zero attached hydrogens (tertiary/aromatic N) is 1. The maximum atomic E-state index is 5.53. The lowest BCUT2D eigenvalue weighted by Crippen LogP contribution is -1.99. The molecule has 0 aromatic rings. The van der Waals surface area contributed by atoms with Gasteiger partial charge in [-0.1, -0.05) is 90.4 Å². The first-order chi connectivity index (χ1) is 9.27. The minimum atomic E-state index is 0.793. The molecule has 0 rings (SSSR count). The zero-order chi connectivity index (χ0) is 14.2. The molecule has 1 nitrogen and oxygen atoms in total. The average Bonchev–Trinajstić information content (AvgIpc) is 2.39. The highest BCUT2D eigenvalue weighted by molar-refractivity contribution is 6.33. The summed E-state index contributed by atoms with van der Waals surface area (Å²) in [5.74, 6) is 0. The Morgan fingerprint density at radius 2 is 0.842 bits per heavy atom. The molecule has 0 radical (unpaired) electrons. The summed E-state index contributed by atoms with van der Waals surface area (Å²) in [5, 5.41) is 0. The first-order valence-electron chi connectivity index (χ1n) is 8.36. The van der Waals surface area contributed by atoms with Gasteiger partial charge in [-0.2, -0.15) is 0 Å². The summed E-state index contributed by atoms with van der Waals surface area (Å²) in [4.78, 5) is 0. The molecule has 0 N–H and O–H groups in total. The number of unbranched alkanes of at least 4 members (excludes halogenated alkanes) is 13. The summed E-state index contributed by atoms with van der Waals surface area (Å²) in [6.45, 7) is 3.07. The van der Waals surface area contributed by atoms with Gasteiger partial charge in [-0.25, -0.2) is 0 Å². The lowest BCUT2D eigenvalue weighted by Gasteiger charge is -2.04. The topological polar surface area (TPSA) is 3.24 Å². The van der Waals surface area contributed by atoms with Crippen molar-refractivity contribution in [3.05, 3.63) is 0 Å². The number of hydrogen-bond acceptors (Lipinski definition) is 1. The summed E-state index contributed by atoms with van der Waals surface area (Å²) >= 11 is 11.1. The van der Waals surface area contributed by atoms with E-state index in [2.05, 4.69) is 6.92 Å². The lowest BCUT2D eigenvalue weighted by molar-refractivity contribution is 0.527. The van der Waals surface area contributed by atoms with Crippen LogP contribution in [0.5, 0.6) is 0 Å². The van der Waals surface area contributed by atoms with Crippen molar-refractivity contribution in [2.75, 3.05) is 6.54 Å². The molecule has 0 amide bonds. The predicted octanol–water partition coefficient (Wildman–Crippen LogP) is 7.08. The Morgan fingerprint density at radius 1 is 0.526 bits per heavy atom. The molecule has 3 heteroatoms. The molecule has 0 fully saturated rings. The first kappa shape index (κ1) is 19.5. The molecule has 0 aliphatic carbocycles. The molecule has 0 bridgehead atoms. The van der Waals surface area contributed by atoms with Gasteiger partial charge in [0, 0.05) is 6.54 Å². The summed E-state index contributed by atoms with van der Waals surface area (Å²) in [5.41, 5.74) is 0. The minimum absolute atomic E-state index is 0.793. The SMILES string of the molecule is CCCCCCCCCCCCCCCCN(Cl)Cl. The van der Waals surface area contributed by atoms with Crippen LogP contribution in [0.25, 0.3) is 0 Å². The Balaban J connectivity index is 2.91. The van der Waals surface area contributed by atoms with E-state index in [0.717, 1.165) is 13.0 Å². The molecule has 0 heterocycles. The third-order valence-corrected chi connectivity index (χ3v) is 4.02. The van der Waals surface area contributed by atoms with Crippen LogP contribution in [-0.2, 0) is 0 Å². The van der Waals surface area contributed by atoms with E-state index in [1.54, 1.807) is 0 Å². The van der Waals surface area contributed by atoms with Crippen LogP contribution in [0.2, 0.25) is 0 Å². The summed E-state index contributed by atoms with van der Waals surface area (Å²) in [6.07, 6.45) is 19.4. The standard InChI is InChI=1S/C16H33Cl2N/c1-2-3-4-5-6-7-8-9-10-11-12-13-14-15-16-19(17)18/h2-16H2,1H3. The van der Waals surface area contributed by atoms with E-state index in [-0.39, 0.29) is 0 Å². The molecular weight excluding hydrogens is 277 g/mol. The fraction of sp³-hybridized carbons (Fsp3) is 1.00. The Hall–Kier alpha value is 0.540. The van der Waals surface area contributed by atoms with Gasteiger partial charge in [-0.15, -0.1) is 3.94 Å². The smallest absolute Gasteiger partial charge is 0.0304 e. The quantitative estimate of drug-likeness (QED) is 0.231. The molecule has 0 aromatic carbocycles. The molecule has 0 aliphatic rings. The van der Waals surface area contributed by atoms with Gasteiger partial charge in [0.1, 0.15) is 0 Å². The summed E-state index contributed by atoms with van der Waals surface area (Å²) in [6, 6.07) is 0. The van der Waals surface area contributed by atoms with Crippen molar-refractivity contribution in [3.8, 4) is 0 Å². The molecular formula is C16H33Cl2N. The molecule has 0 aliphatic heterocycles. The van der Waals surface area contributed by atoms with Gasteiger partial charge in [0.2, 0.25) is 0 Å². The van der Waals surface area contributed by atoms with Crippen molar-refractivity contribution >= 4 is 23.6 Å². The van der Waals surface area contributed by atoms with E-state index in [1.807, 2.05) is 0 Å². The summed E-state index contributed by atoms with van der Waals surface area (Å²) in [7, 11) is 0. The highest BCUT2D eigenvalue weighted by Gasteiger charge is 1.96. The Kier molecular flexibility index (Phi) is 17.1. The van der Waals surface area contributed by atoms with Gasteiger partial charge >= 0.3 is 0 Å². The van der Waals surface area contributed by atoms with Gasteiger partial charge in [-0.3, -0.25) is 0 Å². The van der Waals surface area contributed by atoms with Crippen molar-refractivity contribution in [2.45, 2.75) is 96.8 Å². The maximum Gasteiger partial charge on any atom is 0.0304 e. The molecule has 116 valence electrons. The van der Waals surface area contributed by atoms with Gasteiger partial charge in [-0.05, 0) is 30.0 Å². The Morgan fingerprint density at radius 3 is 1.16 bits per heavy atom. The number of hydrogen-bond donors (Lipinski definition) is 0. The normalized spacial score (nSPS) is 11.4. The van der Waals surface area contributed by atoms with Gasteiger partial charge in [0.25, 0.3) is 0 Å². The zero-order valence-electron chi connectivity index (χ0n) is 12.8. The molecule has 0 atom stereocenters. The van der Waals surface area contributed by atoms with E-state index in [0.29, 0.717) is 0 Å². The Bertz CT molecular complexity index is 163. The van der Waals surface area contributed by atoms with Crippen molar-refractivity contribution in [3.63, 3.8) is 0 Å². The van der Waals surface area contributed by atoms with E-state index in [4.69, 9.17) is 23.6 Å². The molecule has 19 heavy (non-hydrogen) atoms. The third kappa shape index (κ3) is 18.5. The average molecular weight is 310 g/mol. The fourth-order valence-electron chi connectivity index (χ4n) is 2.43. The van der Waals surface area contributed by atoms with Gasteiger partial charge in [0.05, 0.1) is 0 Å². The van der Waals surface area contributed by atoms with Crippen LogP contribution >= 0.6 is 23.6 Å². The monoisotopic (exact) mass is 309 g/mol. The highest BCUT2D eigenvalue weighted by atomic mass is 35.5. The maximum absolute atomic E-state index is 5.53. The van der Waals surface area contributed by atoms with E-state index in [1.165, 1.54) is 87.4 Å². The molecule has 0 saturated heterocycles. The van der Waals surface area contributed by atoms with Crippen LogP contribution in [-0.4, -0.2) is 10.5 Å². The molecule has 0 saturated carbocycles. The number of rotatable bonds is 15. The second kappa shape index (κ2) is 16.6. The zero-order valence-corrected chi connectivity index (χ0v) is 14.3. The van der Waals surface area contributed by atoms with Gasteiger partial charge in [0.15, 0.2) is 0 Å². The third-order valence-electron chi connectivity index (χ3n) is 3.68. The Labute approximate surface area is 131 Å². The van der Waals surface area contributed by atoms with Crippen LogP contribution < -0.4 is 0 Å². The molecule has 0 aromatic heterocycles. The van der Waals surface area contributed by atoms with Crippen LogP contribution in [0.3, 0.4) is 0 Å². The predicted molar refractivity (Wildman–Crippen MR) is 88.7 cm³/mol. The fourth-order valence-corrected chi connectivity index (χ4v) is 2.66. The molecule has 0 spiro atoms. The number of halogens is 2. The van der Waals surface area contributed by atoms with Gasteiger partial charge < -0.3 is 0 Å². The van der Waals surface area contributed by atoms with Crippen LogP contribution in [0.4, 0.5) is 0 Å². The second-order valence-corrected chi connectivity index (χ2v) is 6.61. The van der Waals surface area contributed by atoms with Crippen LogP contribution in [0.1, 0.15) is 96.8 Å². The van der Waals surface area contributed by atoms with Crippen molar-refractivity contribution in [2.24, 2.45) is 0 Å². The first-order valence-corrected chi connectivity index (χ1v) is 9.04. The minimum Gasteiger partial charge on any atom is -0.132 e. The summed E-state index contributed by atoms with van der Waals surface area (Å²) < 4.78 is 1.24. The van der Waals surface area contributed by atoms with E-state index >= 15 is 0 Å². The largest absolute Gasteiger partial charge is 0.132 e.